The molecule has 0 aliphatic carbocycles. The van der Waals surface area contributed by atoms with Crippen molar-refractivity contribution in [2.45, 2.75) is 19.9 Å². The van der Waals surface area contributed by atoms with Gasteiger partial charge in [0.25, 0.3) is 0 Å². The van der Waals surface area contributed by atoms with E-state index < -0.39 is 0 Å². The predicted molar refractivity (Wildman–Crippen MR) is 51.4 cm³/mol. The number of nitrogens with two attached hydrogens (primary N) is 1. The average Bonchev–Trinajstić information content (AvgIpc) is 2.05. The Morgan fingerprint density at radius 2 is 2.18 bits per heavy atom. The maximum Gasteiger partial charge on any atom is 0.0207 e. The molecule has 1 nitrogen and oxygen atoms in total. The molecule has 0 bridgehead atoms. The zero-order chi connectivity index (χ0) is 8.27. The first-order valence-electron chi connectivity index (χ1n) is 3.75. The Balaban J connectivity index is 3.02. The van der Waals surface area contributed by atoms with Crippen molar-refractivity contribution in [3.63, 3.8) is 0 Å². The second-order valence-electron chi connectivity index (χ2n) is 2.48. The van der Waals surface area contributed by atoms with E-state index in [-0.39, 0.29) is 0 Å². The van der Waals surface area contributed by atoms with Crippen LogP contribution in [0.4, 0.5) is 0 Å². The van der Waals surface area contributed by atoms with Gasteiger partial charge in [-0.3, -0.25) is 0 Å². The Labute approximate surface area is 75.7 Å². The van der Waals surface area contributed by atoms with E-state index in [1.54, 1.807) is 0 Å². The number of benzene rings is 1. The van der Waals surface area contributed by atoms with E-state index in [1.165, 1.54) is 15.6 Å². The standard InChI is InChI=1S/C9H12BrN/c1-2-8-5-7(6-11)3-4-9(8)10/h3-5H,2,6,11H2,1H3. The third kappa shape index (κ3) is 2.04. The van der Waals surface area contributed by atoms with Crippen molar-refractivity contribution in [2.75, 3.05) is 0 Å². The first-order chi connectivity index (χ1) is 5.27. The van der Waals surface area contributed by atoms with Crippen molar-refractivity contribution in [3.05, 3.63) is 33.8 Å². The van der Waals surface area contributed by atoms with Gasteiger partial charge in [-0.2, -0.15) is 0 Å². The maximum absolute atomic E-state index is 5.51. The molecule has 0 saturated carbocycles. The number of halogens is 1. The Morgan fingerprint density at radius 3 is 2.73 bits per heavy atom. The smallest absolute Gasteiger partial charge is 0.0207 e. The summed E-state index contributed by atoms with van der Waals surface area (Å²) in [5.41, 5.74) is 8.03. The van der Waals surface area contributed by atoms with Crippen LogP contribution in [0.25, 0.3) is 0 Å². The van der Waals surface area contributed by atoms with Gasteiger partial charge in [-0.05, 0) is 23.6 Å². The van der Waals surface area contributed by atoms with Crippen molar-refractivity contribution in [1.29, 1.82) is 0 Å². The van der Waals surface area contributed by atoms with E-state index in [4.69, 9.17) is 5.73 Å². The molecule has 0 aliphatic rings. The molecule has 11 heavy (non-hydrogen) atoms. The van der Waals surface area contributed by atoms with Gasteiger partial charge in [-0.1, -0.05) is 35.0 Å². The summed E-state index contributed by atoms with van der Waals surface area (Å²) in [7, 11) is 0. The van der Waals surface area contributed by atoms with E-state index in [9.17, 15) is 0 Å². The van der Waals surface area contributed by atoms with E-state index in [0.717, 1.165) is 6.42 Å². The molecule has 1 aromatic rings. The lowest BCUT2D eigenvalue weighted by Gasteiger charge is -2.03. The first-order valence-corrected chi connectivity index (χ1v) is 4.54. The highest BCUT2D eigenvalue weighted by Gasteiger charge is 1.97. The normalized spacial score (nSPS) is 10.1. The fourth-order valence-corrected chi connectivity index (χ4v) is 1.55. The van der Waals surface area contributed by atoms with Gasteiger partial charge in [0, 0.05) is 11.0 Å². The highest BCUT2D eigenvalue weighted by molar-refractivity contribution is 9.10. The Morgan fingerprint density at radius 1 is 1.45 bits per heavy atom. The van der Waals surface area contributed by atoms with Crippen LogP contribution in [0.5, 0.6) is 0 Å². The molecule has 1 aromatic carbocycles. The lowest BCUT2D eigenvalue weighted by atomic mass is 10.1. The van der Waals surface area contributed by atoms with E-state index >= 15 is 0 Å². The molecule has 0 radical (unpaired) electrons. The topological polar surface area (TPSA) is 26.0 Å². The molecule has 2 heteroatoms. The molecular formula is C9H12BrN. The van der Waals surface area contributed by atoms with Crippen LogP contribution < -0.4 is 5.73 Å². The van der Waals surface area contributed by atoms with Crippen LogP contribution in [-0.4, -0.2) is 0 Å². The highest BCUT2D eigenvalue weighted by Crippen LogP contribution is 2.18. The van der Waals surface area contributed by atoms with Crippen LogP contribution >= 0.6 is 15.9 Å². The molecule has 0 atom stereocenters. The number of hydrogen-bond acceptors (Lipinski definition) is 1. The van der Waals surface area contributed by atoms with Crippen LogP contribution in [0, 0.1) is 0 Å². The molecule has 1 rings (SSSR count). The summed E-state index contributed by atoms with van der Waals surface area (Å²) < 4.78 is 1.18. The molecule has 0 heterocycles. The molecule has 0 aliphatic heterocycles. The quantitative estimate of drug-likeness (QED) is 0.803. The van der Waals surface area contributed by atoms with Gasteiger partial charge in [0.2, 0.25) is 0 Å². The predicted octanol–water partition coefficient (Wildman–Crippen LogP) is 2.47. The molecule has 0 fully saturated rings. The third-order valence-electron chi connectivity index (χ3n) is 1.73. The van der Waals surface area contributed by atoms with Crippen LogP contribution in [0.1, 0.15) is 18.1 Å². The summed E-state index contributed by atoms with van der Waals surface area (Å²) in [6.45, 7) is 2.76. The van der Waals surface area contributed by atoms with Crippen molar-refractivity contribution in [2.24, 2.45) is 5.73 Å². The van der Waals surface area contributed by atoms with Crippen molar-refractivity contribution < 1.29 is 0 Å². The second kappa shape index (κ2) is 3.88. The van der Waals surface area contributed by atoms with Gasteiger partial charge in [-0.25, -0.2) is 0 Å². The SMILES string of the molecule is CCc1cc(CN)ccc1Br. The van der Waals surface area contributed by atoms with Gasteiger partial charge in [0.15, 0.2) is 0 Å². The molecule has 0 unspecified atom stereocenters. The minimum Gasteiger partial charge on any atom is -0.326 e. The lowest BCUT2D eigenvalue weighted by molar-refractivity contribution is 1.04. The van der Waals surface area contributed by atoms with Gasteiger partial charge in [-0.15, -0.1) is 0 Å². The molecule has 60 valence electrons. The second-order valence-corrected chi connectivity index (χ2v) is 3.34. The molecule has 0 saturated heterocycles. The highest BCUT2D eigenvalue weighted by atomic mass is 79.9. The summed E-state index contributed by atoms with van der Waals surface area (Å²) in [5, 5.41) is 0. The van der Waals surface area contributed by atoms with Crippen LogP contribution in [0.15, 0.2) is 22.7 Å². The van der Waals surface area contributed by atoms with E-state index in [0.29, 0.717) is 6.54 Å². The van der Waals surface area contributed by atoms with Crippen LogP contribution in [-0.2, 0) is 13.0 Å². The van der Waals surface area contributed by atoms with Crippen molar-refractivity contribution in [3.8, 4) is 0 Å². The molecule has 0 aromatic heterocycles. The van der Waals surface area contributed by atoms with Crippen LogP contribution in [0.3, 0.4) is 0 Å². The van der Waals surface area contributed by atoms with E-state index in [1.807, 2.05) is 6.07 Å². The number of rotatable bonds is 2. The molecular weight excluding hydrogens is 202 g/mol. The first kappa shape index (κ1) is 8.75. The summed E-state index contributed by atoms with van der Waals surface area (Å²) >= 11 is 3.48. The minimum atomic E-state index is 0.625. The van der Waals surface area contributed by atoms with Crippen molar-refractivity contribution >= 4 is 15.9 Å². The Kier molecular flexibility index (Phi) is 3.09. The molecule has 0 spiro atoms. The maximum atomic E-state index is 5.51. The van der Waals surface area contributed by atoms with Gasteiger partial charge >= 0.3 is 0 Å². The summed E-state index contributed by atoms with van der Waals surface area (Å²) in [6, 6.07) is 6.24. The van der Waals surface area contributed by atoms with Gasteiger partial charge in [0.1, 0.15) is 0 Å². The summed E-state index contributed by atoms with van der Waals surface area (Å²) in [6.07, 6.45) is 1.05. The van der Waals surface area contributed by atoms with Gasteiger partial charge < -0.3 is 5.73 Å². The Hall–Kier alpha value is -0.340. The Bertz CT molecular complexity index is 245. The zero-order valence-corrected chi connectivity index (χ0v) is 8.19. The summed E-state index contributed by atoms with van der Waals surface area (Å²) in [4.78, 5) is 0. The average molecular weight is 214 g/mol. The molecule has 2 N–H and O–H groups in total. The fraction of sp³-hybridized carbons (Fsp3) is 0.333. The fourth-order valence-electron chi connectivity index (χ4n) is 1.03. The van der Waals surface area contributed by atoms with Crippen LogP contribution in [0.2, 0.25) is 0 Å². The lowest BCUT2D eigenvalue weighted by Crippen LogP contribution is -1.97. The zero-order valence-electron chi connectivity index (χ0n) is 6.60. The molecule has 0 amide bonds. The monoisotopic (exact) mass is 213 g/mol. The van der Waals surface area contributed by atoms with E-state index in [2.05, 4.69) is 35.0 Å². The largest absolute Gasteiger partial charge is 0.326 e. The van der Waals surface area contributed by atoms with Crippen molar-refractivity contribution in [1.82, 2.24) is 0 Å². The number of aryl methyl sites for hydroxylation is 1. The van der Waals surface area contributed by atoms with Gasteiger partial charge in [0.05, 0.1) is 0 Å². The minimum absolute atomic E-state index is 0.625. The third-order valence-corrected chi connectivity index (χ3v) is 2.50. The summed E-state index contributed by atoms with van der Waals surface area (Å²) in [5.74, 6) is 0. The number of hydrogen-bond donors (Lipinski definition) is 1.